The normalized spacial score (nSPS) is 10.7. The third kappa shape index (κ3) is 3.50. The van der Waals surface area contributed by atoms with E-state index in [0.29, 0.717) is 23.8 Å². The lowest BCUT2D eigenvalue weighted by Gasteiger charge is -2.11. The predicted molar refractivity (Wildman–Crippen MR) is 105 cm³/mol. The summed E-state index contributed by atoms with van der Waals surface area (Å²) in [6.07, 6.45) is 1.74. The molecule has 0 unspecified atom stereocenters. The van der Waals surface area contributed by atoms with E-state index < -0.39 is 0 Å². The van der Waals surface area contributed by atoms with E-state index in [9.17, 15) is 4.79 Å². The number of anilines is 2. The summed E-state index contributed by atoms with van der Waals surface area (Å²) in [5, 5.41) is 12.1. The van der Waals surface area contributed by atoms with Crippen LogP contribution in [0.25, 0.3) is 22.0 Å². The lowest BCUT2D eigenvalue weighted by atomic mass is 10.0. The zero-order valence-corrected chi connectivity index (χ0v) is 14.8. The average molecular weight is 358 g/mol. The molecule has 2 aromatic heterocycles. The van der Waals surface area contributed by atoms with Crippen LogP contribution in [-0.4, -0.2) is 27.8 Å². The van der Waals surface area contributed by atoms with Gasteiger partial charge in [-0.1, -0.05) is 36.4 Å². The van der Waals surface area contributed by atoms with Gasteiger partial charge in [0, 0.05) is 23.2 Å². The third-order valence-electron chi connectivity index (χ3n) is 4.14. The number of rotatable bonds is 5. The van der Waals surface area contributed by atoms with Crippen LogP contribution in [0, 0.1) is 0 Å². The van der Waals surface area contributed by atoms with E-state index in [2.05, 4.69) is 15.5 Å². The van der Waals surface area contributed by atoms with Gasteiger partial charge < -0.3 is 10.1 Å². The molecule has 2 heterocycles. The van der Waals surface area contributed by atoms with E-state index in [1.54, 1.807) is 19.2 Å². The molecule has 6 heteroatoms. The summed E-state index contributed by atoms with van der Waals surface area (Å²) in [5.41, 5.74) is 2.14. The molecular weight excluding hydrogens is 340 g/mol. The fourth-order valence-corrected chi connectivity index (χ4v) is 2.95. The molecule has 0 fully saturated rings. The van der Waals surface area contributed by atoms with E-state index in [1.807, 2.05) is 54.6 Å². The van der Waals surface area contributed by atoms with Crippen molar-refractivity contribution in [1.82, 2.24) is 15.2 Å². The molecule has 2 N–H and O–H groups in total. The molecule has 4 rings (SSSR count). The second-order valence-electron chi connectivity index (χ2n) is 5.96. The maximum Gasteiger partial charge on any atom is 0.338 e. The van der Waals surface area contributed by atoms with Gasteiger partial charge in [-0.2, -0.15) is 5.10 Å². The number of esters is 1. The molecule has 0 aliphatic carbocycles. The maximum atomic E-state index is 12.1. The largest absolute Gasteiger partial charge is 0.462 e. The molecular formula is C21H18N4O2. The molecule has 27 heavy (non-hydrogen) atoms. The van der Waals surface area contributed by atoms with Gasteiger partial charge in [0.1, 0.15) is 5.82 Å². The van der Waals surface area contributed by atoms with Crippen molar-refractivity contribution in [3.63, 3.8) is 0 Å². The number of nitrogens with zero attached hydrogens (tertiary/aromatic N) is 2. The quantitative estimate of drug-likeness (QED) is 0.512. The van der Waals surface area contributed by atoms with Crippen LogP contribution in [-0.2, 0) is 4.74 Å². The number of hydrogen-bond donors (Lipinski definition) is 2. The van der Waals surface area contributed by atoms with Crippen molar-refractivity contribution < 1.29 is 9.53 Å². The molecule has 134 valence electrons. The second kappa shape index (κ2) is 7.29. The monoisotopic (exact) mass is 358 g/mol. The Hall–Kier alpha value is -3.67. The molecule has 6 nitrogen and oxygen atoms in total. The Balaban J connectivity index is 1.82. The summed E-state index contributed by atoms with van der Waals surface area (Å²) >= 11 is 0. The highest BCUT2D eigenvalue weighted by atomic mass is 16.5. The minimum absolute atomic E-state index is 0.338. The number of fused-ring (bicyclic) bond motifs is 1. The number of pyridine rings is 1. The SMILES string of the molecule is CCOC(=O)c1cccc(-c2nc(Nc3cc[nH]n3)cc3ccccc23)c1. The van der Waals surface area contributed by atoms with E-state index in [4.69, 9.17) is 9.72 Å². The van der Waals surface area contributed by atoms with Gasteiger partial charge in [-0.15, -0.1) is 0 Å². The predicted octanol–water partition coefficient (Wildman–Crippen LogP) is 4.55. The summed E-state index contributed by atoms with van der Waals surface area (Å²) in [6, 6.07) is 19.2. The molecule has 4 aromatic rings. The Kier molecular flexibility index (Phi) is 4.53. The standard InChI is InChI=1S/C21H18N4O2/c1-2-27-21(26)16-8-5-7-15(12-16)20-17-9-4-3-6-14(17)13-19(24-20)23-18-10-11-22-25-18/h3-13H,2H2,1H3,(H2,22,23,24,25). The Labute approximate surface area is 156 Å². The van der Waals surface area contributed by atoms with E-state index in [1.165, 1.54) is 0 Å². The van der Waals surface area contributed by atoms with Crippen molar-refractivity contribution >= 4 is 28.4 Å². The molecule has 0 bridgehead atoms. The van der Waals surface area contributed by atoms with Gasteiger partial charge in [-0.3, -0.25) is 5.10 Å². The summed E-state index contributed by atoms with van der Waals surface area (Å²) in [4.78, 5) is 16.9. The van der Waals surface area contributed by atoms with Crippen molar-refractivity contribution in [2.45, 2.75) is 6.92 Å². The Morgan fingerprint density at radius 3 is 2.78 bits per heavy atom. The lowest BCUT2D eigenvalue weighted by molar-refractivity contribution is 0.0526. The second-order valence-corrected chi connectivity index (χ2v) is 5.96. The van der Waals surface area contributed by atoms with Crippen LogP contribution in [0.15, 0.2) is 66.9 Å². The first-order chi connectivity index (χ1) is 13.2. The number of H-pyrrole nitrogens is 1. The number of hydrogen-bond acceptors (Lipinski definition) is 5. The molecule has 0 amide bonds. The zero-order valence-electron chi connectivity index (χ0n) is 14.8. The summed E-state index contributed by atoms with van der Waals surface area (Å²) in [5.74, 6) is 1.02. The fraction of sp³-hybridized carbons (Fsp3) is 0.0952. The van der Waals surface area contributed by atoms with Crippen molar-refractivity contribution in [3.05, 3.63) is 72.4 Å². The number of aromatic amines is 1. The third-order valence-corrected chi connectivity index (χ3v) is 4.14. The first-order valence-electron chi connectivity index (χ1n) is 8.69. The van der Waals surface area contributed by atoms with Crippen molar-refractivity contribution in [1.29, 1.82) is 0 Å². The molecule has 0 saturated carbocycles. The van der Waals surface area contributed by atoms with Crippen molar-refractivity contribution in [2.24, 2.45) is 0 Å². The highest BCUT2D eigenvalue weighted by Crippen LogP contribution is 2.30. The van der Waals surface area contributed by atoms with Gasteiger partial charge in [0.15, 0.2) is 5.82 Å². The van der Waals surface area contributed by atoms with Gasteiger partial charge in [0.05, 0.1) is 17.9 Å². The Morgan fingerprint density at radius 1 is 1.07 bits per heavy atom. The van der Waals surface area contributed by atoms with Crippen LogP contribution in [0.1, 0.15) is 17.3 Å². The van der Waals surface area contributed by atoms with E-state index in [0.717, 1.165) is 22.0 Å². The number of carbonyl (C=O) groups is 1. The van der Waals surface area contributed by atoms with Crippen molar-refractivity contribution in [2.75, 3.05) is 11.9 Å². The smallest absolute Gasteiger partial charge is 0.338 e. The minimum atomic E-state index is -0.338. The molecule has 0 aliphatic rings. The molecule has 2 aromatic carbocycles. The molecule has 0 spiro atoms. The van der Waals surface area contributed by atoms with Crippen molar-refractivity contribution in [3.8, 4) is 11.3 Å². The number of aromatic nitrogens is 3. The number of ether oxygens (including phenoxy) is 1. The fourth-order valence-electron chi connectivity index (χ4n) is 2.95. The lowest BCUT2D eigenvalue weighted by Crippen LogP contribution is -2.04. The van der Waals surface area contributed by atoms with Crippen LogP contribution < -0.4 is 5.32 Å². The van der Waals surface area contributed by atoms with Crippen LogP contribution >= 0.6 is 0 Å². The van der Waals surface area contributed by atoms with Gasteiger partial charge >= 0.3 is 5.97 Å². The molecule has 0 aliphatic heterocycles. The Bertz CT molecular complexity index is 1090. The summed E-state index contributed by atoms with van der Waals surface area (Å²) in [7, 11) is 0. The Morgan fingerprint density at radius 2 is 1.96 bits per heavy atom. The summed E-state index contributed by atoms with van der Waals surface area (Å²) < 4.78 is 5.12. The molecule has 0 atom stereocenters. The first-order valence-corrected chi connectivity index (χ1v) is 8.69. The number of benzene rings is 2. The topological polar surface area (TPSA) is 79.9 Å². The van der Waals surface area contributed by atoms with Crippen LogP contribution in [0.5, 0.6) is 0 Å². The van der Waals surface area contributed by atoms with E-state index >= 15 is 0 Å². The minimum Gasteiger partial charge on any atom is -0.462 e. The average Bonchev–Trinajstić information content (AvgIpc) is 3.21. The molecule has 0 saturated heterocycles. The van der Waals surface area contributed by atoms with E-state index in [-0.39, 0.29) is 5.97 Å². The number of carbonyl (C=O) groups excluding carboxylic acids is 1. The maximum absolute atomic E-state index is 12.1. The summed E-state index contributed by atoms with van der Waals surface area (Å²) in [6.45, 7) is 2.13. The van der Waals surface area contributed by atoms with Gasteiger partial charge in [-0.05, 0) is 30.5 Å². The van der Waals surface area contributed by atoms with Gasteiger partial charge in [-0.25, -0.2) is 9.78 Å². The van der Waals surface area contributed by atoms with Crippen LogP contribution in [0.2, 0.25) is 0 Å². The van der Waals surface area contributed by atoms with Crippen LogP contribution in [0.3, 0.4) is 0 Å². The van der Waals surface area contributed by atoms with Gasteiger partial charge in [0.2, 0.25) is 0 Å². The highest BCUT2D eigenvalue weighted by molar-refractivity contribution is 5.98. The zero-order chi connectivity index (χ0) is 18.6. The van der Waals surface area contributed by atoms with Gasteiger partial charge in [0.25, 0.3) is 0 Å². The first kappa shape index (κ1) is 16.8. The highest BCUT2D eigenvalue weighted by Gasteiger charge is 2.12. The van der Waals surface area contributed by atoms with Crippen LogP contribution in [0.4, 0.5) is 11.6 Å². The number of nitrogens with one attached hydrogen (secondary N) is 2. The molecule has 0 radical (unpaired) electrons.